The number of hydrogen-bond donors (Lipinski definition) is 0. The number of fused-ring (bicyclic) bond motifs is 5. The molecule has 5 nitrogen and oxygen atoms in total. The van der Waals surface area contributed by atoms with Crippen molar-refractivity contribution in [2.45, 2.75) is 6.92 Å². The first-order valence-electron chi connectivity index (χ1n) is 15.0. The molecule has 0 aliphatic carbocycles. The summed E-state index contributed by atoms with van der Waals surface area (Å²) in [5.74, 6) is 1.76. The van der Waals surface area contributed by atoms with Crippen LogP contribution in [0.4, 0.5) is 0 Å². The molecule has 0 radical (unpaired) electrons. The number of benzene rings is 5. The summed E-state index contributed by atoms with van der Waals surface area (Å²) in [7, 11) is 0. The average Bonchev–Trinajstić information content (AvgIpc) is 3.62. The van der Waals surface area contributed by atoms with Crippen LogP contribution < -0.4 is 0 Å². The number of aromatic nitrogens is 5. The van der Waals surface area contributed by atoms with Gasteiger partial charge in [0.15, 0.2) is 11.6 Å². The summed E-state index contributed by atoms with van der Waals surface area (Å²) >= 11 is 0. The van der Waals surface area contributed by atoms with E-state index in [0.717, 1.165) is 55.4 Å². The number of para-hydroxylation sites is 2. The van der Waals surface area contributed by atoms with Gasteiger partial charge >= 0.3 is 0 Å². The Kier molecular flexibility index (Phi) is 6.42. The Labute approximate surface area is 261 Å². The number of rotatable bonds is 6. The van der Waals surface area contributed by atoms with Crippen molar-refractivity contribution in [3.8, 4) is 34.4 Å². The summed E-state index contributed by atoms with van der Waals surface area (Å²) in [6, 6.07) is 43.7. The van der Waals surface area contributed by atoms with E-state index in [1.807, 2.05) is 73.7 Å². The van der Waals surface area contributed by atoms with Gasteiger partial charge in [-0.25, -0.2) is 4.98 Å². The van der Waals surface area contributed by atoms with E-state index in [9.17, 15) is 0 Å². The van der Waals surface area contributed by atoms with Crippen LogP contribution in [0, 0.1) is 0 Å². The third-order valence-electron chi connectivity index (χ3n) is 8.27. The van der Waals surface area contributed by atoms with Crippen molar-refractivity contribution in [1.29, 1.82) is 0 Å². The Bertz CT molecular complexity index is 2320. The van der Waals surface area contributed by atoms with Gasteiger partial charge in [0.2, 0.25) is 5.95 Å². The maximum Gasteiger partial charge on any atom is 0.238 e. The van der Waals surface area contributed by atoms with E-state index in [-0.39, 0.29) is 0 Å². The molecular weight excluding hydrogens is 550 g/mol. The van der Waals surface area contributed by atoms with Gasteiger partial charge in [-0.2, -0.15) is 9.97 Å². The molecule has 8 aromatic rings. The zero-order chi connectivity index (χ0) is 30.3. The standard InChI is InChI=1S/C40H29N5/c1-3-16-30-32-25-26-33-31-23-14-15-24-35(31)44(29-21-12-7-13-22-29)36(33)37(32)45(34(30)4-2)40-42-38(27-17-8-5-9-18-27)41-39(43-40)28-19-10-6-11-20-28/h3-26H,2H2,1H3/b16-3-. The van der Waals surface area contributed by atoms with Crippen LogP contribution in [0.25, 0.3) is 79.3 Å². The largest absolute Gasteiger partial charge is 0.307 e. The van der Waals surface area contributed by atoms with Crippen molar-refractivity contribution in [3.63, 3.8) is 0 Å². The molecule has 0 saturated carbocycles. The second-order valence-corrected chi connectivity index (χ2v) is 10.9. The van der Waals surface area contributed by atoms with E-state index in [4.69, 9.17) is 15.0 Å². The van der Waals surface area contributed by atoms with Crippen LogP contribution in [0.5, 0.6) is 0 Å². The normalized spacial score (nSPS) is 11.7. The Morgan fingerprint density at radius 1 is 0.556 bits per heavy atom. The van der Waals surface area contributed by atoms with Crippen molar-refractivity contribution >= 4 is 44.9 Å². The smallest absolute Gasteiger partial charge is 0.238 e. The van der Waals surface area contributed by atoms with Gasteiger partial charge in [-0.3, -0.25) is 4.57 Å². The van der Waals surface area contributed by atoms with Gasteiger partial charge in [-0.15, -0.1) is 0 Å². The van der Waals surface area contributed by atoms with Crippen molar-refractivity contribution in [2.24, 2.45) is 0 Å². The lowest BCUT2D eigenvalue weighted by Gasteiger charge is -2.13. The lowest BCUT2D eigenvalue weighted by Crippen LogP contribution is -2.08. The van der Waals surface area contributed by atoms with Gasteiger partial charge in [-0.1, -0.05) is 128 Å². The molecule has 214 valence electrons. The van der Waals surface area contributed by atoms with Gasteiger partial charge < -0.3 is 4.57 Å². The van der Waals surface area contributed by atoms with E-state index in [0.29, 0.717) is 17.6 Å². The van der Waals surface area contributed by atoms with E-state index in [1.54, 1.807) is 0 Å². The quantitative estimate of drug-likeness (QED) is 0.197. The van der Waals surface area contributed by atoms with E-state index in [1.165, 1.54) is 5.39 Å². The first-order chi connectivity index (χ1) is 22.3. The zero-order valence-corrected chi connectivity index (χ0v) is 24.8. The molecule has 5 heteroatoms. The van der Waals surface area contributed by atoms with Gasteiger partial charge in [0.25, 0.3) is 0 Å². The minimum atomic E-state index is 0.538. The highest BCUT2D eigenvalue weighted by Gasteiger charge is 2.24. The number of nitrogens with zero attached hydrogens (tertiary/aromatic N) is 5. The SMILES string of the molecule is C=Cc1c(/C=C\C)c2ccc3c4ccccc4n(-c4ccccc4)c3c2n1-c1nc(-c2ccccc2)nc(-c2ccccc2)n1. The molecule has 0 bridgehead atoms. The first-order valence-corrected chi connectivity index (χ1v) is 15.0. The second kappa shape index (κ2) is 10.9. The molecule has 0 spiro atoms. The third kappa shape index (κ3) is 4.28. The number of allylic oxidation sites excluding steroid dienone is 1. The Balaban J connectivity index is 1.57. The minimum Gasteiger partial charge on any atom is -0.307 e. The fourth-order valence-corrected chi connectivity index (χ4v) is 6.36. The molecule has 0 aliphatic rings. The van der Waals surface area contributed by atoms with E-state index in [2.05, 4.69) is 94.6 Å². The molecule has 0 amide bonds. The Morgan fingerprint density at radius 2 is 1.11 bits per heavy atom. The topological polar surface area (TPSA) is 48.5 Å². The van der Waals surface area contributed by atoms with Crippen LogP contribution in [-0.4, -0.2) is 24.1 Å². The summed E-state index contributed by atoms with van der Waals surface area (Å²) in [5, 5.41) is 3.44. The summed E-state index contributed by atoms with van der Waals surface area (Å²) in [5.41, 5.74) is 8.15. The fraction of sp³-hybridized carbons (Fsp3) is 0.0250. The minimum absolute atomic E-state index is 0.538. The molecule has 0 unspecified atom stereocenters. The second-order valence-electron chi connectivity index (χ2n) is 10.9. The van der Waals surface area contributed by atoms with Crippen molar-refractivity contribution < 1.29 is 0 Å². The van der Waals surface area contributed by atoms with Crippen molar-refractivity contribution in [1.82, 2.24) is 24.1 Å². The maximum absolute atomic E-state index is 5.15. The van der Waals surface area contributed by atoms with Gasteiger partial charge in [0.05, 0.1) is 22.2 Å². The van der Waals surface area contributed by atoms with E-state index >= 15 is 0 Å². The molecule has 0 aliphatic heterocycles. The molecule has 0 N–H and O–H groups in total. The summed E-state index contributed by atoms with van der Waals surface area (Å²) in [6.07, 6.45) is 6.13. The van der Waals surface area contributed by atoms with Crippen LogP contribution in [0.3, 0.4) is 0 Å². The maximum atomic E-state index is 5.15. The molecular formula is C40H29N5. The summed E-state index contributed by atoms with van der Waals surface area (Å²) in [4.78, 5) is 15.3. The summed E-state index contributed by atoms with van der Waals surface area (Å²) < 4.78 is 4.52. The highest BCUT2D eigenvalue weighted by Crippen LogP contribution is 2.41. The van der Waals surface area contributed by atoms with Crippen LogP contribution in [0.2, 0.25) is 0 Å². The Hall–Kier alpha value is -6.07. The molecule has 5 aromatic carbocycles. The molecule has 0 saturated heterocycles. The van der Waals surface area contributed by atoms with Crippen LogP contribution >= 0.6 is 0 Å². The van der Waals surface area contributed by atoms with Crippen molar-refractivity contribution in [2.75, 3.05) is 0 Å². The molecule has 3 heterocycles. The van der Waals surface area contributed by atoms with Crippen molar-refractivity contribution in [3.05, 3.63) is 151 Å². The zero-order valence-electron chi connectivity index (χ0n) is 24.8. The average molecular weight is 580 g/mol. The van der Waals surface area contributed by atoms with Gasteiger partial charge in [0.1, 0.15) is 0 Å². The fourth-order valence-electron chi connectivity index (χ4n) is 6.36. The highest BCUT2D eigenvalue weighted by molar-refractivity contribution is 6.19. The molecule has 8 rings (SSSR count). The summed E-state index contributed by atoms with van der Waals surface area (Å²) in [6.45, 7) is 6.33. The van der Waals surface area contributed by atoms with Crippen LogP contribution in [0.15, 0.2) is 140 Å². The van der Waals surface area contributed by atoms with Crippen LogP contribution in [-0.2, 0) is 0 Å². The lowest BCUT2D eigenvalue weighted by molar-refractivity contribution is 0.926. The highest BCUT2D eigenvalue weighted by atomic mass is 15.2. The third-order valence-corrected chi connectivity index (χ3v) is 8.27. The lowest BCUT2D eigenvalue weighted by atomic mass is 10.1. The monoisotopic (exact) mass is 579 g/mol. The predicted molar refractivity (Wildman–Crippen MR) is 187 cm³/mol. The molecule has 45 heavy (non-hydrogen) atoms. The van der Waals surface area contributed by atoms with Gasteiger partial charge in [-0.05, 0) is 31.2 Å². The predicted octanol–water partition coefficient (Wildman–Crippen LogP) is 9.92. The molecule has 3 aromatic heterocycles. The first kappa shape index (κ1) is 26.5. The van der Waals surface area contributed by atoms with E-state index < -0.39 is 0 Å². The van der Waals surface area contributed by atoms with Crippen LogP contribution in [0.1, 0.15) is 18.2 Å². The number of hydrogen-bond acceptors (Lipinski definition) is 3. The molecule has 0 atom stereocenters. The Morgan fingerprint density at radius 3 is 1.73 bits per heavy atom. The molecule has 0 fully saturated rings. The van der Waals surface area contributed by atoms with Gasteiger partial charge in [0, 0.05) is 38.5 Å².